The molecule has 0 aromatic heterocycles. The van der Waals surface area contributed by atoms with E-state index in [-0.39, 0.29) is 24.1 Å². The maximum absolute atomic E-state index is 13.2. The third kappa shape index (κ3) is 5.50. The van der Waals surface area contributed by atoms with Gasteiger partial charge in [-0.3, -0.25) is 0 Å². The maximum atomic E-state index is 13.2. The highest BCUT2D eigenvalue weighted by molar-refractivity contribution is 5.96. The van der Waals surface area contributed by atoms with Gasteiger partial charge in [0, 0.05) is 23.5 Å². The zero-order chi connectivity index (χ0) is 23.5. The van der Waals surface area contributed by atoms with Crippen molar-refractivity contribution in [1.82, 2.24) is 0 Å². The van der Waals surface area contributed by atoms with Crippen LogP contribution >= 0.6 is 0 Å². The van der Waals surface area contributed by atoms with E-state index in [0.717, 1.165) is 23.1 Å². The molecule has 32 heavy (non-hydrogen) atoms. The summed E-state index contributed by atoms with van der Waals surface area (Å²) in [7, 11) is 0. The number of ether oxygens (including phenoxy) is 3. The summed E-state index contributed by atoms with van der Waals surface area (Å²) in [6, 6.07) is 3.85. The maximum Gasteiger partial charge on any atom is 0.339 e. The monoisotopic (exact) mass is 438 g/mol. The Labute approximate surface area is 191 Å². The molecule has 0 amide bonds. The summed E-state index contributed by atoms with van der Waals surface area (Å²) in [5.74, 6) is 5.04. The number of carbonyl (C=O) groups is 1. The average molecular weight is 439 g/mol. The van der Waals surface area contributed by atoms with E-state index in [1.807, 2.05) is 71.9 Å². The molecule has 5 atom stereocenters. The van der Waals surface area contributed by atoms with E-state index in [9.17, 15) is 9.90 Å². The lowest BCUT2D eigenvalue weighted by molar-refractivity contribution is -0.152. The van der Waals surface area contributed by atoms with Crippen LogP contribution in [0.25, 0.3) is 6.08 Å². The largest absolute Gasteiger partial charge is 0.458 e. The Balaban J connectivity index is 2.09. The Bertz CT molecular complexity index is 962. The molecule has 2 heterocycles. The number of fused-ring (bicyclic) bond motifs is 2. The van der Waals surface area contributed by atoms with Crippen LogP contribution in [-0.4, -0.2) is 41.3 Å². The van der Waals surface area contributed by atoms with Gasteiger partial charge in [0.1, 0.15) is 18.3 Å². The van der Waals surface area contributed by atoms with Crippen LogP contribution in [0, 0.1) is 24.7 Å². The quantitative estimate of drug-likeness (QED) is 0.358. The second kappa shape index (κ2) is 10.0. The highest BCUT2D eigenvalue weighted by Crippen LogP contribution is 2.33. The Kier molecular flexibility index (Phi) is 7.61. The fourth-order valence-corrected chi connectivity index (χ4v) is 4.01. The Morgan fingerprint density at radius 1 is 1.19 bits per heavy atom. The summed E-state index contributed by atoms with van der Waals surface area (Å²) in [5, 5.41) is 10.8. The van der Waals surface area contributed by atoms with Crippen molar-refractivity contribution in [3.8, 4) is 11.8 Å². The van der Waals surface area contributed by atoms with Crippen molar-refractivity contribution in [3.63, 3.8) is 0 Å². The van der Waals surface area contributed by atoms with Crippen molar-refractivity contribution in [2.24, 2.45) is 5.92 Å². The third-order valence-electron chi connectivity index (χ3n) is 5.91. The number of aliphatic hydroxyl groups is 1. The minimum Gasteiger partial charge on any atom is -0.458 e. The minimum atomic E-state index is -0.830. The van der Waals surface area contributed by atoms with Crippen LogP contribution in [0.2, 0.25) is 0 Å². The molecule has 1 saturated heterocycles. The summed E-state index contributed by atoms with van der Waals surface area (Å²) in [6.07, 6.45) is 6.69. The lowest BCUT2D eigenvalue weighted by Gasteiger charge is -2.22. The standard InChI is InChI=1S/C27H34O5/c1-7-8-10-20-15-13-18(3)24-21(20)11-9-12-23-25(32-27(5,6)31-23)22(28)16-14-17(2)19(4)30-26(24)29/h9,11,13-17,19,22-23,25,28H,7,12H2,1-6H3/b11-9+,16-14-/t17-,19+,22?,23+,25-/m1/s1. The van der Waals surface area contributed by atoms with Gasteiger partial charge in [-0.25, -0.2) is 4.79 Å². The predicted octanol–water partition coefficient (Wildman–Crippen LogP) is 4.79. The van der Waals surface area contributed by atoms with Gasteiger partial charge in [0.05, 0.1) is 11.7 Å². The first-order chi connectivity index (χ1) is 15.1. The third-order valence-corrected chi connectivity index (χ3v) is 5.91. The molecule has 3 rings (SSSR count). The second-order valence-corrected chi connectivity index (χ2v) is 9.00. The molecule has 0 saturated carbocycles. The van der Waals surface area contributed by atoms with Crippen LogP contribution < -0.4 is 0 Å². The molecule has 5 nitrogen and oxygen atoms in total. The van der Waals surface area contributed by atoms with Crippen molar-refractivity contribution in [1.29, 1.82) is 0 Å². The van der Waals surface area contributed by atoms with Gasteiger partial charge in [-0.15, -0.1) is 0 Å². The van der Waals surface area contributed by atoms with Crippen LogP contribution in [0.3, 0.4) is 0 Å². The van der Waals surface area contributed by atoms with Gasteiger partial charge < -0.3 is 19.3 Å². The smallest absolute Gasteiger partial charge is 0.339 e. The van der Waals surface area contributed by atoms with Crippen LogP contribution in [0.5, 0.6) is 0 Å². The second-order valence-electron chi connectivity index (χ2n) is 9.00. The number of rotatable bonds is 0. The molecule has 0 bridgehead atoms. The van der Waals surface area contributed by atoms with Crippen molar-refractivity contribution < 1.29 is 24.1 Å². The average Bonchev–Trinajstić information content (AvgIpc) is 3.04. The molecule has 0 radical (unpaired) electrons. The number of esters is 1. The van der Waals surface area contributed by atoms with Crippen LogP contribution in [0.4, 0.5) is 0 Å². The van der Waals surface area contributed by atoms with E-state index in [0.29, 0.717) is 12.0 Å². The van der Waals surface area contributed by atoms with E-state index in [1.54, 1.807) is 6.08 Å². The van der Waals surface area contributed by atoms with Crippen molar-refractivity contribution in [3.05, 3.63) is 52.6 Å². The molecule has 1 N–H and O–H groups in total. The Morgan fingerprint density at radius 3 is 2.66 bits per heavy atom. The van der Waals surface area contributed by atoms with Crippen LogP contribution in [0.1, 0.15) is 74.5 Å². The number of cyclic esters (lactones) is 1. The van der Waals surface area contributed by atoms with E-state index < -0.39 is 18.0 Å². The number of benzene rings is 1. The molecule has 5 heteroatoms. The Morgan fingerprint density at radius 2 is 1.94 bits per heavy atom. The minimum absolute atomic E-state index is 0.0901. The van der Waals surface area contributed by atoms with E-state index in [4.69, 9.17) is 14.2 Å². The summed E-state index contributed by atoms with van der Waals surface area (Å²) >= 11 is 0. The first-order valence-electron chi connectivity index (χ1n) is 11.3. The number of aliphatic hydroxyl groups excluding tert-OH is 1. The lowest BCUT2D eigenvalue weighted by Crippen LogP contribution is -2.34. The zero-order valence-corrected chi connectivity index (χ0v) is 19.8. The zero-order valence-electron chi connectivity index (χ0n) is 19.8. The lowest BCUT2D eigenvalue weighted by atomic mass is 9.94. The summed E-state index contributed by atoms with van der Waals surface area (Å²) in [6.45, 7) is 11.4. The summed E-state index contributed by atoms with van der Waals surface area (Å²) < 4.78 is 17.9. The van der Waals surface area contributed by atoms with Gasteiger partial charge >= 0.3 is 5.97 Å². The Hall–Kier alpha value is -2.39. The van der Waals surface area contributed by atoms with Gasteiger partial charge in [-0.1, -0.05) is 56.1 Å². The van der Waals surface area contributed by atoms with Gasteiger partial charge in [0.25, 0.3) is 0 Å². The van der Waals surface area contributed by atoms with Crippen LogP contribution in [0.15, 0.2) is 30.4 Å². The first kappa shape index (κ1) is 24.3. The predicted molar refractivity (Wildman–Crippen MR) is 125 cm³/mol. The van der Waals surface area contributed by atoms with Gasteiger partial charge in [-0.05, 0) is 45.7 Å². The molecule has 1 aromatic rings. The van der Waals surface area contributed by atoms with E-state index in [2.05, 4.69) is 11.8 Å². The number of aryl methyl sites for hydroxylation is 1. The molecule has 2 aliphatic rings. The van der Waals surface area contributed by atoms with Gasteiger partial charge in [-0.2, -0.15) is 0 Å². The van der Waals surface area contributed by atoms with Crippen molar-refractivity contribution in [2.45, 2.75) is 84.6 Å². The molecule has 2 aliphatic heterocycles. The number of carbonyl (C=O) groups excluding carboxylic acids is 1. The number of hydrogen-bond donors (Lipinski definition) is 1. The van der Waals surface area contributed by atoms with E-state index in [1.165, 1.54) is 0 Å². The SMILES string of the molecule is CCC#Cc1ccc(C)c2c1/C=C/C[C@@H]1OC(C)(C)O[C@@H]1C(O)/C=C\[C@@H](C)[C@H](C)OC2=O. The van der Waals surface area contributed by atoms with Crippen LogP contribution in [-0.2, 0) is 14.2 Å². The molecule has 1 aromatic carbocycles. The molecule has 1 unspecified atom stereocenters. The molecule has 0 aliphatic carbocycles. The molecular weight excluding hydrogens is 404 g/mol. The van der Waals surface area contributed by atoms with Crippen molar-refractivity contribution >= 4 is 12.0 Å². The summed E-state index contributed by atoms with van der Waals surface area (Å²) in [4.78, 5) is 13.2. The normalized spacial score (nSPS) is 31.8. The molecular formula is C27H34O5. The number of hydrogen-bond acceptors (Lipinski definition) is 5. The fourth-order valence-electron chi connectivity index (χ4n) is 4.01. The molecule has 172 valence electrons. The summed E-state index contributed by atoms with van der Waals surface area (Å²) in [5.41, 5.74) is 2.91. The highest BCUT2D eigenvalue weighted by atomic mass is 16.8. The fraction of sp³-hybridized carbons (Fsp3) is 0.519. The van der Waals surface area contributed by atoms with Crippen molar-refractivity contribution in [2.75, 3.05) is 0 Å². The molecule has 0 spiro atoms. The van der Waals surface area contributed by atoms with Gasteiger partial charge in [0.15, 0.2) is 5.79 Å². The topological polar surface area (TPSA) is 65.0 Å². The molecule has 1 fully saturated rings. The highest BCUT2D eigenvalue weighted by Gasteiger charge is 2.43. The van der Waals surface area contributed by atoms with Gasteiger partial charge in [0.2, 0.25) is 0 Å². The van der Waals surface area contributed by atoms with E-state index >= 15 is 0 Å². The first-order valence-corrected chi connectivity index (χ1v) is 11.3.